The van der Waals surface area contributed by atoms with Crippen molar-refractivity contribution in [3.8, 4) is 0 Å². The maximum absolute atomic E-state index is 6.08. The van der Waals surface area contributed by atoms with Crippen LogP contribution in [-0.4, -0.2) is 17.5 Å². The quantitative estimate of drug-likeness (QED) is 0.838. The van der Waals surface area contributed by atoms with Gasteiger partial charge in [0.25, 0.3) is 0 Å². The number of nitrogen functional groups attached to an aromatic ring is 1. The number of piperidine rings is 1. The molecule has 0 saturated carbocycles. The number of benzene rings is 1. The molecule has 0 aliphatic carbocycles. The molecule has 1 aliphatic heterocycles. The van der Waals surface area contributed by atoms with Gasteiger partial charge in [-0.05, 0) is 43.5 Å². The minimum absolute atomic E-state index is 0.479. The summed E-state index contributed by atoms with van der Waals surface area (Å²) in [7, 11) is 0. The number of nitrogens with zero attached hydrogens (tertiary/aromatic N) is 1. The molecule has 2 rings (SSSR count). The summed E-state index contributed by atoms with van der Waals surface area (Å²) in [4.78, 5) is 2.53. The molecular weight excluding hydrogens is 267 g/mol. The molecule has 0 amide bonds. The van der Waals surface area contributed by atoms with Gasteiger partial charge in [-0.15, -0.1) is 0 Å². The van der Waals surface area contributed by atoms with E-state index in [1.807, 2.05) is 12.1 Å². The molecule has 0 spiro atoms. The standard InChI is InChI=1S/C14H20Cl2N2/c1-2-11-5-3-4-6-18(11)9-10-7-12(15)14(17)13(16)8-10/h7-8,11H,2-6,9,17H2,1H3. The Hall–Kier alpha value is -0.440. The Morgan fingerprint density at radius 2 is 1.94 bits per heavy atom. The van der Waals surface area contributed by atoms with Crippen LogP contribution in [0, 0.1) is 0 Å². The molecule has 100 valence electrons. The Labute approximate surface area is 119 Å². The number of hydrogen-bond donors (Lipinski definition) is 1. The third kappa shape index (κ3) is 3.11. The van der Waals surface area contributed by atoms with Gasteiger partial charge in [-0.2, -0.15) is 0 Å². The summed E-state index contributed by atoms with van der Waals surface area (Å²) >= 11 is 12.2. The fourth-order valence-corrected chi connectivity index (χ4v) is 3.23. The largest absolute Gasteiger partial charge is 0.396 e. The molecule has 2 N–H and O–H groups in total. The molecule has 2 nitrogen and oxygen atoms in total. The summed E-state index contributed by atoms with van der Waals surface area (Å²) in [5, 5.41) is 1.12. The van der Waals surface area contributed by atoms with Crippen LogP contribution in [0.5, 0.6) is 0 Å². The predicted octanol–water partition coefficient (Wildman–Crippen LogP) is 4.34. The van der Waals surface area contributed by atoms with E-state index >= 15 is 0 Å². The first-order chi connectivity index (χ1) is 8.61. The first-order valence-electron chi connectivity index (χ1n) is 6.59. The van der Waals surface area contributed by atoms with E-state index in [0.29, 0.717) is 21.8 Å². The van der Waals surface area contributed by atoms with Crippen molar-refractivity contribution in [3.63, 3.8) is 0 Å². The highest BCUT2D eigenvalue weighted by Gasteiger charge is 2.21. The maximum atomic E-state index is 6.08. The average Bonchev–Trinajstić information content (AvgIpc) is 2.36. The molecular formula is C14H20Cl2N2. The second-order valence-electron chi connectivity index (χ2n) is 5.00. The van der Waals surface area contributed by atoms with Crippen LogP contribution in [0.15, 0.2) is 12.1 Å². The zero-order chi connectivity index (χ0) is 13.1. The summed E-state index contributed by atoms with van der Waals surface area (Å²) in [6.07, 6.45) is 5.13. The van der Waals surface area contributed by atoms with E-state index in [1.54, 1.807) is 0 Å². The second-order valence-corrected chi connectivity index (χ2v) is 5.82. The van der Waals surface area contributed by atoms with Gasteiger partial charge in [0, 0.05) is 12.6 Å². The van der Waals surface area contributed by atoms with Gasteiger partial charge in [0.05, 0.1) is 15.7 Å². The predicted molar refractivity (Wildman–Crippen MR) is 79.2 cm³/mol. The lowest BCUT2D eigenvalue weighted by molar-refractivity contribution is 0.136. The van der Waals surface area contributed by atoms with Crippen LogP contribution >= 0.6 is 23.2 Å². The minimum Gasteiger partial charge on any atom is -0.396 e. The summed E-state index contributed by atoms with van der Waals surface area (Å²) in [5.41, 5.74) is 7.39. The van der Waals surface area contributed by atoms with Gasteiger partial charge in [0.2, 0.25) is 0 Å². The van der Waals surface area contributed by atoms with Crippen molar-refractivity contribution in [2.24, 2.45) is 0 Å². The van der Waals surface area contributed by atoms with E-state index in [1.165, 1.54) is 25.7 Å². The third-order valence-electron chi connectivity index (χ3n) is 3.74. The van der Waals surface area contributed by atoms with Crippen LogP contribution in [0.2, 0.25) is 10.0 Å². The van der Waals surface area contributed by atoms with Gasteiger partial charge in [-0.25, -0.2) is 0 Å². The second kappa shape index (κ2) is 6.14. The van der Waals surface area contributed by atoms with Crippen LogP contribution in [0.3, 0.4) is 0 Å². The monoisotopic (exact) mass is 286 g/mol. The van der Waals surface area contributed by atoms with E-state index in [4.69, 9.17) is 28.9 Å². The lowest BCUT2D eigenvalue weighted by Crippen LogP contribution is -2.38. The maximum Gasteiger partial charge on any atom is 0.0693 e. The van der Waals surface area contributed by atoms with Crippen LogP contribution in [-0.2, 0) is 6.54 Å². The van der Waals surface area contributed by atoms with Crippen molar-refractivity contribution in [1.29, 1.82) is 0 Å². The van der Waals surface area contributed by atoms with Crippen molar-refractivity contribution in [2.75, 3.05) is 12.3 Å². The lowest BCUT2D eigenvalue weighted by atomic mass is 9.99. The number of nitrogens with two attached hydrogens (primary N) is 1. The molecule has 0 aromatic heterocycles. The van der Waals surface area contributed by atoms with Crippen LogP contribution < -0.4 is 5.73 Å². The summed E-state index contributed by atoms with van der Waals surface area (Å²) in [5.74, 6) is 0. The number of rotatable bonds is 3. The van der Waals surface area contributed by atoms with Crippen LogP contribution in [0.25, 0.3) is 0 Å². The number of hydrogen-bond acceptors (Lipinski definition) is 2. The summed E-state index contributed by atoms with van der Waals surface area (Å²) in [6.45, 7) is 4.34. The first kappa shape index (κ1) is 14.0. The van der Waals surface area contributed by atoms with Gasteiger partial charge in [0.1, 0.15) is 0 Å². The number of halogens is 2. The smallest absolute Gasteiger partial charge is 0.0693 e. The highest BCUT2D eigenvalue weighted by molar-refractivity contribution is 6.38. The molecule has 0 radical (unpaired) electrons. The number of anilines is 1. The fraction of sp³-hybridized carbons (Fsp3) is 0.571. The van der Waals surface area contributed by atoms with Crippen molar-refractivity contribution in [1.82, 2.24) is 4.90 Å². The van der Waals surface area contributed by atoms with Crippen molar-refractivity contribution in [2.45, 2.75) is 45.2 Å². The van der Waals surface area contributed by atoms with Gasteiger partial charge in [-0.3, -0.25) is 4.90 Å². The van der Waals surface area contributed by atoms with Gasteiger partial charge >= 0.3 is 0 Å². The van der Waals surface area contributed by atoms with Crippen molar-refractivity contribution >= 4 is 28.9 Å². The van der Waals surface area contributed by atoms with E-state index in [-0.39, 0.29) is 0 Å². The SMILES string of the molecule is CCC1CCCCN1Cc1cc(Cl)c(N)c(Cl)c1. The highest BCUT2D eigenvalue weighted by atomic mass is 35.5. The van der Waals surface area contributed by atoms with Crippen LogP contribution in [0.4, 0.5) is 5.69 Å². The number of likely N-dealkylation sites (tertiary alicyclic amines) is 1. The highest BCUT2D eigenvalue weighted by Crippen LogP contribution is 2.30. The molecule has 1 unspecified atom stereocenters. The molecule has 18 heavy (non-hydrogen) atoms. The zero-order valence-corrected chi connectivity index (χ0v) is 12.3. The van der Waals surface area contributed by atoms with E-state index in [2.05, 4.69) is 11.8 Å². The normalized spacial score (nSPS) is 21.2. The molecule has 1 atom stereocenters. The molecule has 1 saturated heterocycles. The fourth-order valence-electron chi connectivity index (χ4n) is 2.69. The molecule has 1 heterocycles. The topological polar surface area (TPSA) is 29.3 Å². The molecule has 1 aliphatic rings. The Kier molecular flexibility index (Phi) is 4.77. The Morgan fingerprint density at radius 3 is 2.56 bits per heavy atom. The molecule has 1 aromatic carbocycles. The molecule has 0 bridgehead atoms. The summed E-state index contributed by atoms with van der Waals surface area (Å²) in [6, 6.07) is 4.56. The van der Waals surface area contributed by atoms with E-state index in [0.717, 1.165) is 18.7 Å². The summed E-state index contributed by atoms with van der Waals surface area (Å²) < 4.78 is 0. The Morgan fingerprint density at radius 1 is 1.28 bits per heavy atom. The van der Waals surface area contributed by atoms with Gasteiger partial charge in [0.15, 0.2) is 0 Å². The minimum atomic E-state index is 0.479. The molecule has 4 heteroatoms. The lowest BCUT2D eigenvalue weighted by Gasteiger charge is -2.35. The zero-order valence-electron chi connectivity index (χ0n) is 10.8. The van der Waals surface area contributed by atoms with E-state index in [9.17, 15) is 0 Å². The van der Waals surface area contributed by atoms with E-state index < -0.39 is 0 Å². The third-order valence-corrected chi connectivity index (χ3v) is 4.37. The Balaban J connectivity index is 2.13. The van der Waals surface area contributed by atoms with Crippen molar-refractivity contribution < 1.29 is 0 Å². The Bertz CT molecular complexity index is 397. The first-order valence-corrected chi connectivity index (χ1v) is 7.35. The van der Waals surface area contributed by atoms with Crippen LogP contribution in [0.1, 0.15) is 38.2 Å². The van der Waals surface area contributed by atoms with Gasteiger partial charge in [-0.1, -0.05) is 36.5 Å². The average molecular weight is 287 g/mol. The molecule has 1 fully saturated rings. The van der Waals surface area contributed by atoms with Gasteiger partial charge < -0.3 is 5.73 Å². The molecule has 1 aromatic rings. The van der Waals surface area contributed by atoms with Crippen molar-refractivity contribution in [3.05, 3.63) is 27.7 Å².